The van der Waals surface area contributed by atoms with E-state index < -0.39 is 0 Å². The molecule has 0 saturated carbocycles. The number of aryl methyl sites for hydroxylation is 2. The van der Waals surface area contributed by atoms with E-state index in [2.05, 4.69) is 10.6 Å². The van der Waals surface area contributed by atoms with Crippen LogP contribution in [0.4, 0.5) is 21.9 Å². The van der Waals surface area contributed by atoms with Crippen LogP contribution in [0.15, 0.2) is 30.3 Å². The van der Waals surface area contributed by atoms with Crippen LogP contribution in [0.25, 0.3) is 0 Å². The Bertz CT molecular complexity index is 897. The minimum Gasteiger partial charge on any atom is -0.312 e. The van der Waals surface area contributed by atoms with Crippen LogP contribution in [-0.2, 0) is 17.6 Å². The molecule has 0 fully saturated rings. The summed E-state index contributed by atoms with van der Waals surface area (Å²) < 4.78 is 0. The fourth-order valence-corrected chi connectivity index (χ4v) is 3.89. The zero-order valence-electron chi connectivity index (χ0n) is 13.9. The van der Waals surface area contributed by atoms with Gasteiger partial charge in [0, 0.05) is 24.3 Å². The first-order valence-electron chi connectivity index (χ1n) is 8.50. The number of carbonyl (C=O) groups is 2. The van der Waals surface area contributed by atoms with Gasteiger partial charge in [0.05, 0.1) is 15.7 Å². The van der Waals surface area contributed by atoms with E-state index in [1.807, 2.05) is 17.0 Å². The molecule has 0 unspecified atom stereocenters. The van der Waals surface area contributed by atoms with Crippen molar-refractivity contribution in [3.05, 3.63) is 51.5 Å². The summed E-state index contributed by atoms with van der Waals surface area (Å²) in [5.74, 6) is 0.191. The molecule has 0 aromatic heterocycles. The summed E-state index contributed by atoms with van der Waals surface area (Å²) in [6, 6.07) is 8.48. The van der Waals surface area contributed by atoms with Crippen molar-refractivity contribution in [1.29, 1.82) is 0 Å². The van der Waals surface area contributed by atoms with Crippen LogP contribution in [-0.4, -0.2) is 18.5 Å². The summed E-state index contributed by atoms with van der Waals surface area (Å²) >= 11 is 11.9. The van der Waals surface area contributed by atoms with Gasteiger partial charge in [-0.1, -0.05) is 23.2 Å². The molecule has 0 spiro atoms. The van der Waals surface area contributed by atoms with Gasteiger partial charge in [-0.3, -0.25) is 4.79 Å². The Kier molecular flexibility index (Phi) is 4.51. The van der Waals surface area contributed by atoms with E-state index in [0.29, 0.717) is 28.6 Å². The Balaban J connectivity index is 1.54. The number of carbonyl (C=O) groups excluding carboxylic acids is 2. The standard InChI is InChI=1S/C19H17Cl2N3O2/c20-15-5-4-13(10-16(15)21)22-19(26)23-14-8-11-2-1-7-24-17(25)6-3-12(9-14)18(11)24/h4-5,8-10H,1-3,6-7H2,(H2,22,23,26). The van der Waals surface area contributed by atoms with Crippen LogP contribution in [0, 0.1) is 0 Å². The average Bonchev–Trinajstić information content (AvgIpc) is 2.61. The molecule has 5 nitrogen and oxygen atoms in total. The second-order valence-electron chi connectivity index (χ2n) is 6.50. The first-order valence-corrected chi connectivity index (χ1v) is 9.26. The molecule has 0 radical (unpaired) electrons. The number of halogens is 2. The van der Waals surface area contributed by atoms with Gasteiger partial charge in [0.25, 0.3) is 0 Å². The van der Waals surface area contributed by atoms with Crippen LogP contribution in [0.3, 0.4) is 0 Å². The number of urea groups is 1. The van der Waals surface area contributed by atoms with Crippen LogP contribution in [0.2, 0.25) is 10.0 Å². The third-order valence-corrected chi connectivity index (χ3v) is 5.45. The van der Waals surface area contributed by atoms with E-state index in [1.54, 1.807) is 18.2 Å². The second-order valence-corrected chi connectivity index (χ2v) is 7.31. The Morgan fingerprint density at radius 3 is 2.42 bits per heavy atom. The minimum atomic E-state index is -0.352. The maximum atomic E-state index is 12.3. The lowest BCUT2D eigenvalue weighted by Gasteiger charge is -2.35. The van der Waals surface area contributed by atoms with Crippen LogP contribution in [0.1, 0.15) is 24.0 Å². The number of nitrogens with one attached hydrogen (secondary N) is 2. The molecule has 2 aromatic rings. The highest BCUT2D eigenvalue weighted by Crippen LogP contribution is 2.38. The van der Waals surface area contributed by atoms with Gasteiger partial charge >= 0.3 is 6.03 Å². The fourth-order valence-electron chi connectivity index (χ4n) is 3.59. The SMILES string of the molecule is O=C(Nc1ccc(Cl)c(Cl)c1)Nc1cc2c3c(c1)CCC(=O)N3CCC2. The van der Waals surface area contributed by atoms with E-state index in [0.717, 1.165) is 41.9 Å². The first kappa shape index (κ1) is 17.2. The molecule has 0 bridgehead atoms. The van der Waals surface area contributed by atoms with Crippen molar-refractivity contribution in [2.24, 2.45) is 0 Å². The van der Waals surface area contributed by atoms with Gasteiger partial charge in [0.1, 0.15) is 0 Å². The molecular weight excluding hydrogens is 373 g/mol. The highest BCUT2D eigenvalue weighted by molar-refractivity contribution is 6.42. The number of benzene rings is 2. The van der Waals surface area contributed by atoms with Crippen molar-refractivity contribution in [3.8, 4) is 0 Å². The quantitative estimate of drug-likeness (QED) is 0.769. The zero-order valence-corrected chi connectivity index (χ0v) is 15.5. The molecule has 26 heavy (non-hydrogen) atoms. The number of hydrogen-bond acceptors (Lipinski definition) is 2. The third-order valence-electron chi connectivity index (χ3n) is 4.71. The number of nitrogens with zero attached hydrogens (tertiary/aromatic N) is 1. The van der Waals surface area contributed by atoms with Crippen molar-refractivity contribution in [2.45, 2.75) is 25.7 Å². The lowest BCUT2D eigenvalue weighted by atomic mass is 9.91. The molecule has 2 aromatic carbocycles. The Morgan fingerprint density at radius 1 is 0.923 bits per heavy atom. The first-order chi connectivity index (χ1) is 12.5. The van der Waals surface area contributed by atoms with Gasteiger partial charge in [-0.2, -0.15) is 0 Å². The Hall–Kier alpha value is -2.24. The number of hydrogen-bond donors (Lipinski definition) is 2. The molecule has 0 atom stereocenters. The number of rotatable bonds is 2. The van der Waals surface area contributed by atoms with Gasteiger partial charge in [-0.05, 0) is 60.7 Å². The van der Waals surface area contributed by atoms with E-state index in [1.165, 1.54) is 0 Å². The van der Waals surface area contributed by atoms with Crippen molar-refractivity contribution < 1.29 is 9.59 Å². The van der Waals surface area contributed by atoms with E-state index in [4.69, 9.17) is 23.2 Å². The van der Waals surface area contributed by atoms with Crippen LogP contribution in [0.5, 0.6) is 0 Å². The van der Waals surface area contributed by atoms with Gasteiger partial charge in [-0.25, -0.2) is 4.79 Å². The molecule has 2 aliphatic rings. The van der Waals surface area contributed by atoms with Gasteiger partial charge < -0.3 is 15.5 Å². The lowest BCUT2D eigenvalue weighted by molar-refractivity contribution is -0.119. The normalized spacial score (nSPS) is 15.5. The predicted molar refractivity (Wildman–Crippen MR) is 105 cm³/mol. The largest absolute Gasteiger partial charge is 0.323 e. The highest BCUT2D eigenvalue weighted by Gasteiger charge is 2.29. The maximum Gasteiger partial charge on any atom is 0.323 e. The van der Waals surface area contributed by atoms with E-state index in [-0.39, 0.29) is 11.9 Å². The average molecular weight is 390 g/mol. The molecule has 134 valence electrons. The predicted octanol–water partition coefficient (Wildman–Crippen LogP) is 4.86. The highest BCUT2D eigenvalue weighted by atomic mass is 35.5. The smallest absolute Gasteiger partial charge is 0.312 e. The molecule has 0 aliphatic carbocycles. The Labute approximate surface area is 161 Å². The van der Waals surface area contributed by atoms with Crippen molar-refractivity contribution in [3.63, 3.8) is 0 Å². The molecule has 2 heterocycles. The molecule has 7 heteroatoms. The second kappa shape index (κ2) is 6.82. The molecule has 2 N–H and O–H groups in total. The summed E-state index contributed by atoms with van der Waals surface area (Å²) in [5, 5.41) is 6.44. The van der Waals surface area contributed by atoms with Crippen LogP contribution < -0.4 is 15.5 Å². The van der Waals surface area contributed by atoms with E-state index >= 15 is 0 Å². The fraction of sp³-hybridized carbons (Fsp3) is 0.263. The minimum absolute atomic E-state index is 0.191. The van der Waals surface area contributed by atoms with Crippen molar-refractivity contribution in [1.82, 2.24) is 0 Å². The van der Waals surface area contributed by atoms with Gasteiger partial charge in [0.15, 0.2) is 0 Å². The third kappa shape index (κ3) is 3.24. The number of amides is 3. The van der Waals surface area contributed by atoms with Crippen molar-refractivity contribution in [2.75, 3.05) is 22.1 Å². The van der Waals surface area contributed by atoms with Gasteiger partial charge in [0.2, 0.25) is 5.91 Å². The Morgan fingerprint density at radius 2 is 1.65 bits per heavy atom. The number of anilines is 3. The molecule has 2 aliphatic heterocycles. The molecular formula is C19H17Cl2N3O2. The monoisotopic (exact) mass is 389 g/mol. The summed E-state index contributed by atoms with van der Waals surface area (Å²) in [6.45, 7) is 0.781. The van der Waals surface area contributed by atoms with Crippen LogP contribution >= 0.6 is 23.2 Å². The topological polar surface area (TPSA) is 61.4 Å². The summed E-state index contributed by atoms with van der Waals surface area (Å²) in [7, 11) is 0. The summed E-state index contributed by atoms with van der Waals surface area (Å²) in [6.07, 6.45) is 3.08. The maximum absolute atomic E-state index is 12.3. The zero-order chi connectivity index (χ0) is 18.3. The molecule has 0 saturated heterocycles. The molecule has 3 amide bonds. The molecule has 4 rings (SSSR count). The van der Waals surface area contributed by atoms with Gasteiger partial charge in [-0.15, -0.1) is 0 Å². The summed E-state index contributed by atoms with van der Waals surface area (Å²) in [5.41, 5.74) is 4.57. The van der Waals surface area contributed by atoms with Crippen molar-refractivity contribution >= 4 is 52.2 Å². The van der Waals surface area contributed by atoms with E-state index in [9.17, 15) is 9.59 Å². The summed E-state index contributed by atoms with van der Waals surface area (Å²) in [4.78, 5) is 26.3. The lowest BCUT2D eigenvalue weighted by Crippen LogP contribution is -2.39.